The number of amides is 1. The number of halogens is 3. The highest BCUT2D eigenvalue weighted by molar-refractivity contribution is 6.02. The van der Waals surface area contributed by atoms with E-state index in [0.29, 0.717) is 17.1 Å². The molecule has 0 saturated heterocycles. The highest BCUT2D eigenvalue weighted by Crippen LogP contribution is 2.29. The first kappa shape index (κ1) is 24.3. The molecule has 0 saturated carbocycles. The Hall–Kier alpha value is -3.82. The standard InChI is InChI=1S/C25H25F3N4O3/c1-16-12-23(32(2)30-16)29-24(33)15-34-20-10-11-21-18(13-20)4-3-5-22(21)31-35-14-17-6-8-19(9-7-17)25(26,27)28/h6-13H,3-5,14-15H2,1-2H3,(H,29,33)/b31-22-. The smallest absolute Gasteiger partial charge is 0.416 e. The maximum atomic E-state index is 12.7. The van der Waals surface area contributed by atoms with E-state index in [4.69, 9.17) is 9.57 Å². The summed E-state index contributed by atoms with van der Waals surface area (Å²) in [5, 5.41) is 11.2. The maximum Gasteiger partial charge on any atom is 0.416 e. The van der Waals surface area contributed by atoms with Gasteiger partial charge in [0.05, 0.1) is 17.0 Å². The normalized spacial score (nSPS) is 14.5. The number of anilines is 1. The third-order valence-electron chi connectivity index (χ3n) is 5.57. The van der Waals surface area contributed by atoms with Crippen molar-refractivity contribution in [3.8, 4) is 5.75 Å². The summed E-state index contributed by atoms with van der Waals surface area (Å²) < 4.78 is 45.3. The van der Waals surface area contributed by atoms with Gasteiger partial charge in [0.15, 0.2) is 6.61 Å². The average molecular weight is 486 g/mol. The first-order chi connectivity index (χ1) is 16.7. The van der Waals surface area contributed by atoms with Gasteiger partial charge >= 0.3 is 6.18 Å². The van der Waals surface area contributed by atoms with Crippen molar-refractivity contribution >= 4 is 17.4 Å². The number of aryl methyl sites for hydroxylation is 3. The van der Waals surface area contributed by atoms with Gasteiger partial charge in [0, 0.05) is 18.7 Å². The molecule has 0 aliphatic heterocycles. The third kappa shape index (κ3) is 6.20. The van der Waals surface area contributed by atoms with Crippen molar-refractivity contribution in [1.82, 2.24) is 9.78 Å². The van der Waals surface area contributed by atoms with Crippen molar-refractivity contribution in [3.63, 3.8) is 0 Å². The molecule has 10 heteroatoms. The molecule has 2 aromatic carbocycles. The zero-order valence-electron chi connectivity index (χ0n) is 19.4. The molecule has 0 bridgehead atoms. The number of carbonyl (C=O) groups is 1. The molecule has 35 heavy (non-hydrogen) atoms. The van der Waals surface area contributed by atoms with E-state index in [1.807, 2.05) is 19.1 Å². The number of rotatable bonds is 7. The molecular formula is C25H25F3N4O3. The van der Waals surface area contributed by atoms with Crippen molar-refractivity contribution in [2.24, 2.45) is 12.2 Å². The predicted molar refractivity (Wildman–Crippen MR) is 124 cm³/mol. The fourth-order valence-electron chi connectivity index (χ4n) is 3.85. The Kier molecular flexibility index (Phi) is 7.09. The van der Waals surface area contributed by atoms with E-state index in [1.54, 1.807) is 23.9 Å². The molecule has 4 rings (SSSR count). The van der Waals surface area contributed by atoms with Crippen molar-refractivity contribution in [2.45, 2.75) is 39.0 Å². The number of hydrogen-bond acceptors (Lipinski definition) is 5. The van der Waals surface area contributed by atoms with Crippen molar-refractivity contribution in [3.05, 3.63) is 76.5 Å². The minimum Gasteiger partial charge on any atom is -0.484 e. The number of oxime groups is 1. The predicted octanol–water partition coefficient (Wildman–Crippen LogP) is 5.02. The molecule has 0 atom stereocenters. The topological polar surface area (TPSA) is 77.7 Å². The number of nitrogens with zero attached hydrogens (tertiary/aromatic N) is 3. The van der Waals surface area contributed by atoms with Gasteiger partial charge < -0.3 is 14.9 Å². The van der Waals surface area contributed by atoms with Crippen LogP contribution in [0.5, 0.6) is 5.75 Å². The van der Waals surface area contributed by atoms with Crippen LogP contribution in [0.3, 0.4) is 0 Å². The first-order valence-electron chi connectivity index (χ1n) is 11.1. The highest BCUT2D eigenvalue weighted by atomic mass is 19.4. The van der Waals surface area contributed by atoms with Gasteiger partial charge in [0.25, 0.3) is 5.91 Å². The molecule has 184 valence electrons. The second-order valence-corrected chi connectivity index (χ2v) is 8.31. The van der Waals surface area contributed by atoms with Crippen LogP contribution < -0.4 is 10.1 Å². The Morgan fingerprint density at radius 2 is 1.91 bits per heavy atom. The van der Waals surface area contributed by atoms with Gasteiger partial charge in [0.1, 0.15) is 18.2 Å². The lowest BCUT2D eigenvalue weighted by atomic mass is 9.90. The molecule has 1 aliphatic rings. The zero-order valence-corrected chi connectivity index (χ0v) is 19.4. The molecule has 0 fully saturated rings. The van der Waals surface area contributed by atoms with Crippen LogP contribution in [0.15, 0.2) is 53.7 Å². The fraction of sp³-hybridized carbons (Fsp3) is 0.320. The molecule has 1 aromatic heterocycles. The van der Waals surface area contributed by atoms with Crippen LogP contribution in [0.25, 0.3) is 0 Å². The Bertz CT molecular complexity index is 1230. The van der Waals surface area contributed by atoms with Crippen LogP contribution in [-0.2, 0) is 35.9 Å². The zero-order chi connectivity index (χ0) is 25.0. The van der Waals surface area contributed by atoms with Gasteiger partial charge in [-0.2, -0.15) is 18.3 Å². The van der Waals surface area contributed by atoms with Crippen LogP contribution >= 0.6 is 0 Å². The van der Waals surface area contributed by atoms with Gasteiger partial charge in [-0.15, -0.1) is 0 Å². The van der Waals surface area contributed by atoms with Crippen LogP contribution in [0.1, 0.15) is 40.8 Å². The molecule has 7 nitrogen and oxygen atoms in total. The Balaban J connectivity index is 1.34. The maximum absolute atomic E-state index is 12.7. The minimum absolute atomic E-state index is 0.0729. The SMILES string of the molecule is Cc1cc(NC(=O)COc2ccc3c(c2)CCC/C3=N/OCc2ccc(C(F)(F)F)cc2)n(C)n1. The minimum atomic E-state index is -4.36. The van der Waals surface area contributed by atoms with Gasteiger partial charge in [-0.3, -0.25) is 9.48 Å². The lowest BCUT2D eigenvalue weighted by Crippen LogP contribution is -2.21. The number of benzene rings is 2. The second kappa shape index (κ2) is 10.2. The lowest BCUT2D eigenvalue weighted by Gasteiger charge is -2.18. The highest BCUT2D eigenvalue weighted by Gasteiger charge is 2.29. The average Bonchev–Trinajstić information content (AvgIpc) is 3.13. The first-order valence-corrected chi connectivity index (χ1v) is 11.1. The van der Waals surface area contributed by atoms with Crippen molar-refractivity contribution in [1.29, 1.82) is 0 Å². The number of nitrogens with one attached hydrogen (secondary N) is 1. The fourth-order valence-corrected chi connectivity index (χ4v) is 3.85. The van der Waals surface area contributed by atoms with E-state index < -0.39 is 11.7 Å². The monoisotopic (exact) mass is 486 g/mol. The number of aromatic nitrogens is 2. The number of ether oxygens (including phenoxy) is 1. The summed E-state index contributed by atoms with van der Waals surface area (Å²) in [7, 11) is 1.75. The summed E-state index contributed by atoms with van der Waals surface area (Å²) in [5.74, 6) is 0.885. The van der Waals surface area contributed by atoms with Crippen LogP contribution in [0.4, 0.5) is 19.0 Å². The summed E-state index contributed by atoms with van der Waals surface area (Å²) in [6.45, 7) is 1.78. The molecule has 0 spiro atoms. The van der Waals surface area contributed by atoms with Gasteiger partial charge in [-0.25, -0.2) is 0 Å². The molecule has 3 aromatic rings. The van der Waals surface area contributed by atoms with Gasteiger partial charge in [0.2, 0.25) is 0 Å². The molecule has 1 amide bonds. The van der Waals surface area contributed by atoms with Gasteiger partial charge in [-0.1, -0.05) is 17.3 Å². The molecule has 0 radical (unpaired) electrons. The van der Waals surface area contributed by atoms with E-state index in [-0.39, 0.29) is 19.1 Å². The Labute approximate surface area is 200 Å². The van der Waals surface area contributed by atoms with Crippen molar-refractivity contribution in [2.75, 3.05) is 11.9 Å². The molecule has 1 heterocycles. The molecule has 1 N–H and O–H groups in total. The number of hydrogen-bond donors (Lipinski definition) is 1. The number of carbonyl (C=O) groups excluding carboxylic acids is 1. The van der Waals surface area contributed by atoms with E-state index in [2.05, 4.69) is 15.6 Å². The van der Waals surface area contributed by atoms with E-state index >= 15 is 0 Å². The summed E-state index contributed by atoms with van der Waals surface area (Å²) in [6.07, 6.45) is -1.92. The summed E-state index contributed by atoms with van der Waals surface area (Å²) in [5.41, 5.74) is 3.45. The third-order valence-corrected chi connectivity index (χ3v) is 5.57. The summed E-state index contributed by atoms with van der Waals surface area (Å²) in [6, 6.07) is 12.1. The van der Waals surface area contributed by atoms with E-state index in [9.17, 15) is 18.0 Å². The van der Waals surface area contributed by atoms with E-state index in [0.717, 1.165) is 53.9 Å². The summed E-state index contributed by atoms with van der Waals surface area (Å²) in [4.78, 5) is 17.7. The quantitative estimate of drug-likeness (QED) is 0.476. The van der Waals surface area contributed by atoms with Crippen molar-refractivity contribution < 1.29 is 27.5 Å². The van der Waals surface area contributed by atoms with Gasteiger partial charge in [-0.05, 0) is 67.6 Å². The van der Waals surface area contributed by atoms with E-state index in [1.165, 1.54) is 12.1 Å². The van der Waals surface area contributed by atoms with Crippen LogP contribution in [0, 0.1) is 6.92 Å². The Morgan fingerprint density at radius 3 is 2.60 bits per heavy atom. The Morgan fingerprint density at radius 1 is 1.14 bits per heavy atom. The van der Waals surface area contributed by atoms with Crippen LogP contribution in [-0.4, -0.2) is 28.0 Å². The molecular weight excluding hydrogens is 461 g/mol. The largest absolute Gasteiger partial charge is 0.484 e. The number of fused-ring (bicyclic) bond motifs is 1. The molecule has 1 aliphatic carbocycles. The lowest BCUT2D eigenvalue weighted by molar-refractivity contribution is -0.137. The molecule has 0 unspecified atom stereocenters. The number of alkyl halides is 3. The van der Waals surface area contributed by atoms with Crippen LogP contribution in [0.2, 0.25) is 0 Å². The summed E-state index contributed by atoms with van der Waals surface area (Å²) >= 11 is 0. The second-order valence-electron chi connectivity index (χ2n) is 8.31.